The molecule has 1 unspecified atom stereocenters. The summed E-state index contributed by atoms with van der Waals surface area (Å²) in [5.41, 5.74) is 0. The zero-order valence-corrected chi connectivity index (χ0v) is 11.2. The van der Waals surface area contributed by atoms with Crippen LogP contribution in [0.3, 0.4) is 0 Å². The number of hydrogen-bond acceptors (Lipinski definition) is 4. The number of esters is 1. The first-order valence-electron chi connectivity index (χ1n) is 6.35. The summed E-state index contributed by atoms with van der Waals surface area (Å²) >= 11 is 0. The van der Waals surface area contributed by atoms with E-state index in [0.717, 1.165) is 11.3 Å². The van der Waals surface area contributed by atoms with Crippen molar-refractivity contribution in [2.24, 2.45) is 0 Å². The topological polar surface area (TPSA) is 55.8 Å². The number of nitrogens with zero attached hydrogens (tertiary/aromatic N) is 1. The van der Waals surface area contributed by atoms with Gasteiger partial charge in [-0.15, -0.1) is 0 Å². The zero-order chi connectivity index (χ0) is 15.2. The van der Waals surface area contributed by atoms with Gasteiger partial charge in [0.05, 0.1) is 19.6 Å². The van der Waals surface area contributed by atoms with Crippen LogP contribution in [-0.2, 0) is 19.1 Å². The number of rotatable bonds is 6. The molecule has 1 aliphatic rings. The minimum atomic E-state index is -4.56. The molecule has 5 nitrogen and oxygen atoms in total. The highest BCUT2D eigenvalue weighted by Crippen LogP contribution is 2.22. The highest BCUT2D eigenvalue weighted by molar-refractivity contribution is 5.78. The molecule has 1 heterocycles. The van der Waals surface area contributed by atoms with E-state index in [1.807, 2.05) is 0 Å². The fraction of sp³-hybridized carbons (Fsp3) is 0.833. The van der Waals surface area contributed by atoms with Gasteiger partial charge in [-0.3, -0.25) is 9.59 Å². The third kappa shape index (κ3) is 6.23. The first-order chi connectivity index (χ1) is 9.31. The van der Waals surface area contributed by atoms with E-state index < -0.39 is 24.5 Å². The normalized spacial score (nSPS) is 18.9. The Morgan fingerprint density at radius 3 is 2.60 bits per heavy atom. The first kappa shape index (κ1) is 16.7. The third-order valence-electron chi connectivity index (χ3n) is 2.97. The van der Waals surface area contributed by atoms with E-state index in [1.165, 1.54) is 7.11 Å². The molecule has 1 saturated heterocycles. The second kappa shape index (κ2) is 7.47. The van der Waals surface area contributed by atoms with E-state index in [9.17, 15) is 22.8 Å². The summed E-state index contributed by atoms with van der Waals surface area (Å²) in [5, 5.41) is 0. The fourth-order valence-electron chi connectivity index (χ4n) is 1.96. The van der Waals surface area contributed by atoms with Crippen molar-refractivity contribution in [2.75, 3.05) is 26.8 Å². The third-order valence-corrected chi connectivity index (χ3v) is 2.97. The van der Waals surface area contributed by atoms with E-state index in [1.54, 1.807) is 0 Å². The Kier molecular flexibility index (Phi) is 6.25. The van der Waals surface area contributed by atoms with E-state index in [0.29, 0.717) is 13.0 Å². The van der Waals surface area contributed by atoms with Crippen molar-refractivity contribution in [3.8, 4) is 0 Å². The molecule has 0 aromatic heterocycles. The number of halogens is 3. The standard InChI is InChI=1S/C12H18F3NO4/c1-19-11(18)4-5-16(8-9-3-2-6-20-9)10(17)7-12(13,14)15/h9H,2-8H2,1H3. The molecule has 1 rings (SSSR count). The van der Waals surface area contributed by atoms with Crippen LogP contribution in [0.2, 0.25) is 0 Å². The molecule has 0 aliphatic carbocycles. The first-order valence-corrected chi connectivity index (χ1v) is 6.35. The zero-order valence-electron chi connectivity index (χ0n) is 11.2. The van der Waals surface area contributed by atoms with Crippen LogP contribution in [-0.4, -0.2) is 55.9 Å². The van der Waals surface area contributed by atoms with Crippen molar-refractivity contribution in [1.82, 2.24) is 4.90 Å². The minimum absolute atomic E-state index is 0.0753. The highest BCUT2D eigenvalue weighted by atomic mass is 19.4. The van der Waals surface area contributed by atoms with Crippen molar-refractivity contribution in [3.63, 3.8) is 0 Å². The average molecular weight is 297 g/mol. The molecule has 8 heteroatoms. The molecule has 1 fully saturated rings. The Bertz CT molecular complexity index is 340. The van der Waals surface area contributed by atoms with Gasteiger partial charge in [0, 0.05) is 19.7 Å². The van der Waals surface area contributed by atoms with Gasteiger partial charge in [-0.1, -0.05) is 0 Å². The summed E-state index contributed by atoms with van der Waals surface area (Å²) in [6.07, 6.45) is -4.95. The largest absolute Gasteiger partial charge is 0.469 e. The van der Waals surface area contributed by atoms with Crippen molar-refractivity contribution in [2.45, 2.75) is 38.0 Å². The second-order valence-corrected chi connectivity index (χ2v) is 4.59. The summed E-state index contributed by atoms with van der Waals surface area (Å²) in [7, 11) is 1.18. The lowest BCUT2D eigenvalue weighted by Gasteiger charge is -2.25. The number of alkyl halides is 3. The molecule has 0 saturated carbocycles. The lowest BCUT2D eigenvalue weighted by molar-refractivity contribution is -0.162. The Hall–Kier alpha value is -1.31. The van der Waals surface area contributed by atoms with Gasteiger partial charge >= 0.3 is 12.1 Å². The average Bonchev–Trinajstić information content (AvgIpc) is 2.84. The predicted molar refractivity (Wildman–Crippen MR) is 62.9 cm³/mol. The maximum absolute atomic E-state index is 12.3. The minimum Gasteiger partial charge on any atom is -0.469 e. The fourth-order valence-corrected chi connectivity index (χ4v) is 1.96. The van der Waals surface area contributed by atoms with Crippen molar-refractivity contribution >= 4 is 11.9 Å². The lowest BCUT2D eigenvalue weighted by Crippen LogP contribution is -2.40. The molecule has 1 atom stereocenters. The maximum atomic E-state index is 12.3. The number of methoxy groups -OCH3 is 1. The summed E-state index contributed by atoms with van der Waals surface area (Å²) in [6, 6.07) is 0. The van der Waals surface area contributed by atoms with Gasteiger partial charge in [0.25, 0.3) is 0 Å². The number of carbonyl (C=O) groups is 2. The Morgan fingerprint density at radius 2 is 2.10 bits per heavy atom. The van der Waals surface area contributed by atoms with Crippen LogP contribution in [0, 0.1) is 0 Å². The van der Waals surface area contributed by atoms with Crippen LogP contribution in [0.5, 0.6) is 0 Å². The van der Waals surface area contributed by atoms with Gasteiger partial charge < -0.3 is 14.4 Å². The molecule has 0 spiro atoms. The van der Waals surface area contributed by atoms with Gasteiger partial charge in [0.15, 0.2) is 0 Å². The molecular weight excluding hydrogens is 279 g/mol. The lowest BCUT2D eigenvalue weighted by atomic mass is 10.2. The van der Waals surface area contributed by atoms with E-state index in [-0.39, 0.29) is 25.6 Å². The molecule has 1 aliphatic heterocycles. The van der Waals surface area contributed by atoms with Crippen LogP contribution in [0.15, 0.2) is 0 Å². The molecule has 116 valence electrons. The van der Waals surface area contributed by atoms with Crippen LogP contribution in [0.25, 0.3) is 0 Å². The summed E-state index contributed by atoms with van der Waals surface area (Å²) in [6.45, 7) is 0.524. The number of carbonyl (C=O) groups excluding carboxylic acids is 2. The molecular formula is C12H18F3NO4. The number of ether oxygens (including phenoxy) is 2. The van der Waals surface area contributed by atoms with Gasteiger partial charge in [-0.2, -0.15) is 13.2 Å². The monoisotopic (exact) mass is 297 g/mol. The Labute approximate surface area is 115 Å². The quantitative estimate of drug-likeness (QED) is 0.697. The van der Waals surface area contributed by atoms with Gasteiger partial charge in [0.2, 0.25) is 5.91 Å². The van der Waals surface area contributed by atoms with Crippen LogP contribution in [0.4, 0.5) is 13.2 Å². The van der Waals surface area contributed by atoms with Crippen LogP contribution < -0.4 is 0 Å². The van der Waals surface area contributed by atoms with Gasteiger partial charge in [-0.05, 0) is 12.8 Å². The molecule has 0 radical (unpaired) electrons. The Morgan fingerprint density at radius 1 is 1.40 bits per heavy atom. The van der Waals surface area contributed by atoms with Crippen molar-refractivity contribution in [3.05, 3.63) is 0 Å². The maximum Gasteiger partial charge on any atom is 0.397 e. The molecule has 0 N–H and O–H groups in total. The molecule has 0 bridgehead atoms. The van der Waals surface area contributed by atoms with E-state index in [2.05, 4.69) is 4.74 Å². The van der Waals surface area contributed by atoms with Crippen molar-refractivity contribution < 1.29 is 32.2 Å². The predicted octanol–water partition coefficient (Wildman–Crippen LogP) is 1.51. The van der Waals surface area contributed by atoms with Crippen LogP contribution >= 0.6 is 0 Å². The van der Waals surface area contributed by atoms with E-state index in [4.69, 9.17) is 4.74 Å². The summed E-state index contributed by atoms with van der Waals surface area (Å²) < 4.78 is 46.6. The smallest absolute Gasteiger partial charge is 0.397 e. The molecule has 0 aromatic carbocycles. The van der Waals surface area contributed by atoms with Gasteiger partial charge in [0.1, 0.15) is 6.42 Å². The number of hydrogen-bond donors (Lipinski definition) is 0. The number of amides is 1. The highest BCUT2D eigenvalue weighted by Gasteiger charge is 2.34. The summed E-state index contributed by atoms with van der Waals surface area (Å²) in [4.78, 5) is 23.7. The Balaban J connectivity index is 2.56. The van der Waals surface area contributed by atoms with E-state index >= 15 is 0 Å². The van der Waals surface area contributed by atoms with Gasteiger partial charge in [-0.25, -0.2) is 0 Å². The molecule has 20 heavy (non-hydrogen) atoms. The van der Waals surface area contributed by atoms with Crippen LogP contribution in [0.1, 0.15) is 25.7 Å². The van der Waals surface area contributed by atoms with Crippen molar-refractivity contribution in [1.29, 1.82) is 0 Å². The second-order valence-electron chi connectivity index (χ2n) is 4.59. The SMILES string of the molecule is COC(=O)CCN(CC1CCCO1)C(=O)CC(F)(F)F. The molecule has 1 amide bonds. The summed E-state index contributed by atoms with van der Waals surface area (Å²) in [5.74, 6) is -1.61. The molecule has 0 aromatic rings.